The van der Waals surface area contributed by atoms with E-state index in [1.807, 2.05) is 47.9 Å². The van der Waals surface area contributed by atoms with E-state index in [1.54, 1.807) is 7.11 Å². The molecule has 0 aliphatic carbocycles. The number of carbonyl (C=O) groups is 2. The molecule has 0 unspecified atom stereocenters. The van der Waals surface area contributed by atoms with Gasteiger partial charge in [0.15, 0.2) is 0 Å². The molecule has 138 valence electrons. The molecule has 0 N–H and O–H groups in total. The summed E-state index contributed by atoms with van der Waals surface area (Å²) in [6.07, 6.45) is 0.346. The molecular formula is C19H23N3O3S. The van der Waals surface area contributed by atoms with Crippen LogP contribution in [-0.4, -0.2) is 59.9 Å². The summed E-state index contributed by atoms with van der Waals surface area (Å²) in [6.45, 7) is 6.00. The van der Waals surface area contributed by atoms with Crippen LogP contribution < -0.4 is 4.74 Å². The number of nitrogens with zero attached hydrogens (tertiary/aromatic N) is 3. The highest BCUT2D eigenvalue weighted by Gasteiger charge is 2.27. The van der Waals surface area contributed by atoms with Gasteiger partial charge in [-0.2, -0.15) is 0 Å². The van der Waals surface area contributed by atoms with E-state index < -0.39 is 0 Å². The average molecular weight is 373 g/mol. The van der Waals surface area contributed by atoms with Crippen molar-refractivity contribution in [1.82, 2.24) is 14.8 Å². The number of thiazole rings is 1. The number of hydrogen-bond donors (Lipinski definition) is 0. The fourth-order valence-corrected chi connectivity index (χ4v) is 3.99. The lowest BCUT2D eigenvalue weighted by atomic mass is 10.1. The lowest BCUT2D eigenvalue weighted by Crippen LogP contribution is -2.51. The molecule has 2 aromatic rings. The van der Waals surface area contributed by atoms with Gasteiger partial charge in [-0.15, -0.1) is 11.3 Å². The summed E-state index contributed by atoms with van der Waals surface area (Å²) >= 11 is 1.43. The summed E-state index contributed by atoms with van der Waals surface area (Å²) in [4.78, 5) is 33.9. The first-order valence-electron chi connectivity index (χ1n) is 8.62. The highest BCUT2D eigenvalue weighted by Crippen LogP contribution is 2.20. The summed E-state index contributed by atoms with van der Waals surface area (Å²) < 4.78 is 5.20. The van der Waals surface area contributed by atoms with Gasteiger partial charge in [0.25, 0.3) is 5.91 Å². The second kappa shape index (κ2) is 7.86. The number of piperazine rings is 1. The van der Waals surface area contributed by atoms with Crippen molar-refractivity contribution in [2.45, 2.75) is 20.3 Å². The zero-order valence-electron chi connectivity index (χ0n) is 15.3. The Morgan fingerprint density at radius 1 is 1.15 bits per heavy atom. The van der Waals surface area contributed by atoms with E-state index in [-0.39, 0.29) is 11.8 Å². The van der Waals surface area contributed by atoms with Crippen LogP contribution in [0, 0.1) is 13.8 Å². The van der Waals surface area contributed by atoms with Gasteiger partial charge in [-0.3, -0.25) is 9.59 Å². The molecule has 1 aromatic heterocycles. The molecule has 0 spiro atoms. The molecule has 1 aliphatic rings. The molecule has 0 saturated carbocycles. The van der Waals surface area contributed by atoms with Crippen molar-refractivity contribution < 1.29 is 14.3 Å². The zero-order chi connectivity index (χ0) is 18.7. The molecule has 26 heavy (non-hydrogen) atoms. The highest BCUT2D eigenvalue weighted by atomic mass is 32.1. The minimum absolute atomic E-state index is 0.0213. The molecule has 6 nitrogen and oxygen atoms in total. The summed E-state index contributed by atoms with van der Waals surface area (Å²) in [6, 6.07) is 7.56. The predicted molar refractivity (Wildman–Crippen MR) is 101 cm³/mol. The number of benzene rings is 1. The summed E-state index contributed by atoms with van der Waals surface area (Å²) in [5, 5.41) is 0.901. The summed E-state index contributed by atoms with van der Waals surface area (Å²) in [5.74, 6) is 0.851. The van der Waals surface area contributed by atoms with Crippen molar-refractivity contribution in [3.8, 4) is 5.75 Å². The Hall–Kier alpha value is -2.41. The average Bonchev–Trinajstić information content (AvgIpc) is 2.99. The Labute approximate surface area is 157 Å². The van der Waals surface area contributed by atoms with Crippen LogP contribution in [0.4, 0.5) is 0 Å². The Balaban J connectivity index is 1.56. The van der Waals surface area contributed by atoms with Crippen molar-refractivity contribution in [3.05, 3.63) is 45.4 Å². The maximum absolute atomic E-state index is 12.7. The van der Waals surface area contributed by atoms with Gasteiger partial charge in [0, 0.05) is 26.2 Å². The second-order valence-corrected chi connectivity index (χ2v) is 7.55. The van der Waals surface area contributed by atoms with Gasteiger partial charge >= 0.3 is 0 Å². The fraction of sp³-hybridized carbons (Fsp3) is 0.421. The van der Waals surface area contributed by atoms with Crippen LogP contribution in [-0.2, 0) is 11.2 Å². The van der Waals surface area contributed by atoms with Crippen LogP contribution in [0.5, 0.6) is 5.75 Å². The molecule has 0 atom stereocenters. The molecule has 0 radical (unpaired) electrons. The van der Waals surface area contributed by atoms with Gasteiger partial charge in [0.2, 0.25) is 5.91 Å². The molecule has 2 heterocycles. The Morgan fingerprint density at radius 3 is 2.46 bits per heavy atom. The maximum atomic E-state index is 12.7. The van der Waals surface area contributed by atoms with E-state index in [0.717, 1.165) is 22.0 Å². The van der Waals surface area contributed by atoms with E-state index in [4.69, 9.17) is 4.74 Å². The monoisotopic (exact) mass is 373 g/mol. The first-order valence-corrected chi connectivity index (χ1v) is 9.43. The van der Waals surface area contributed by atoms with Crippen LogP contribution in [0.1, 0.15) is 25.9 Å². The number of aromatic nitrogens is 1. The third-order valence-corrected chi connectivity index (χ3v) is 5.57. The lowest BCUT2D eigenvalue weighted by Gasteiger charge is -2.34. The van der Waals surface area contributed by atoms with Gasteiger partial charge in [-0.1, -0.05) is 12.1 Å². The van der Waals surface area contributed by atoms with Crippen molar-refractivity contribution in [2.24, 2.45) is 0 Å². The number of aryl methyl sites for hydroxylation is 2. The molecule has 3 rings (SSSR count). The smallest absolute Gasteiger partial charge is 0.265 e. The number of carbonyl (C=O) groups excluding carboxylic acids is 2. The van der Waals surface area contributed by atoms with Crippen LogP contribution in [0.2, 0.25) is 0 Å². The highest BCUT2D eigenvalue weighted by molar-refractivity contribution is 7.13. The number of rotatable bonds is 4. The molecule has 1 aromatic carbocycles. The standard InChI is InChI=1S/C19H23N3O3S/c1-13-18(26-14(2)20-13)19(24)22-9-7-21(8-10-22)17(23)12-15-5-4-6-16(11-15)25-3/h4-6,11H,7-10,12H2,1-3H3. The van der Waals surface area contributed by atoms with Crippen molar-refractivity contribution in [2.75, 3.05) is 33.3 Å². The molecule has 1 saturated heterocycles. The first-order chi connectivity index (χ1) is 12.5. The first kappa shape index (κ1) is 18.4. The number of amides is 2. The SMILES string of the molecule is COc1cccc(CC(=O)N2CCN(C(=O)c3sc(C)nc3C)CC2)c1. The largest absolute Gasteiger partial charge is 0.497 e. The van der Waals surface area contributed by atoms with Crippen molar-refractivity contribution in [1.29, 1.82) is 0 Å². The van der Waals surface area contributed by atoms with Gasteiger partial charge < -0.3 is 14.5 Å². The van der Waals surface area contributed by atoms with Crippen LogP contribution in [0.15, 0.2) is 24.3 Å². The Bertz CT molecular complexity index is 810. The van der Waals surface area contributed by atoms with E-state index in [0.29, 0.717) is 37.5 Å². The second-order valence-electron chi connectivity index (χ2n) is 6.35. The van der Waals surface area contributed by atoms with Crippen molar-refractivity contribution in [3.63, 3.8) is 0 Å². The fourth-order valence-electron chi connectivity index (χ4n) is 3.10. The molecule has 7 heteroatoms. The topological polar surface area (TPSA) is 62.7 Å². The van der Waals surface area contributed by atoms with E-state index >= 15 is 0 Å². The molecule has 1 fully saturated rings. The van der Waals surface area contributed by atoms with Gasteiger partial charge in [0.1, 0.15) is 10.6 Å². The van der Waals surface area contributed by atoms with Gasteiger partial charge in [-0.05, 0) is 31.5 Å². The predicted octanol–water partition coefficient (Wildman–Crippen LogP) is 2.30. The zero-order valence-corrected chi connectivity index (χ0v) is 16.1. The number of methoxy groups -OCH3 is 1. The summed E-state index contributed by atoms with van der Waals surface area (Å²) in [7, 11) is 1.61. The lowest BCUT2D eigenvalue weighted by molar-refractivity contribution is -0.131. The third-order valence-electron chi connectivity index (χ3n) is 4.51. The summed E-state index contributed by atoms with van der Waals surface area (Å²) in [5.41, 5.74) is 1.72. The minimum atomic E-state index is 0.0213. The van der Waals surface area contributed by atoms with Crippen LogP contribution in [0.3, 0.4) is 0 Å². The number of ether oxygens (including phenoxy) is 1. The van der Waals surface area contributed by atoms with Gasteiger partial charge in [0.05, 0.1) is 24.2 Å². The molecule has 0 bridgehead atoms. The van der Waals surface area contributed by atoms with E-state index in [1.165, 1.54) is 11.3 Å². The van der Waals surface area contributed by atoms with Crippen LogP contribution >= 0.6 is 11.3 Å². The normalized spacial score (nSPS) is 14.4. The molecule has 2 amide bonds. The maximum Gasteiger partial charge on any atom is 0.265 e. The van der Waals surface area contributed by atoms with Gasteiger partial charge in [-0.25, -0.2) is 4.98 Å². The quantitative estimate of drug-likeness (QED) is 0.825. The Morgan fingerprint density at radius 2 is 1.85 bits per heavy atom. The van der Waals surface area contributed by atoms with E-state index in [2.05, 4.69) is 4.98 Å². The van der Waals surface area contributed by atoms with E-state index in [9.17, 15) is 9.59 Å². The number of hydrogen-bond acceptors (Lipinski definition) is 5. The molecule has 1 aliphatic heterocycles. The van der Waals surface area contributed by atoms with Crippen molar-refractivity contribution >= 4 is 23.2 Å². The minimum Gasteiger partial charge on any atom is -0.497 e. The Kier molecular flexibility index (Phi) is 5.56. The third kappa shape index (κ3) is 4.04. The van der Waals surface area contributed by atoms with Crippen LogP contribution in [0.25, 0.3) is 0 Å². The molecular weight excluding hydrogens is 350 g/mol.